The number of aromatic carboxylic acids is 1. The first kappa shape index (κ1) is 23.2. The number of benzene rings is 3. The molecule has 3 N–H and O–H groups in total. The smallest absolute Gasteiger partial charge is 0.417 e. The van der Waals surface area contributed by atoms with E-state index in [1.54, 1.807) is 12.1 Å². The van der Waals surface area contributed by atoms with Gasteiger partial charge in [0.25, 0.3) is 0 Å². The van der Waals surface area contributed by atoms with Gasteiger partial charge in [-0.05, 0) is 48.5 Å². The molecule has 1 heterocycles. The lowest BCUT2D eigenvalue weighted by molar-refractivity contribution is -0.137. The van der Waals surface area contributed by atoms with Crippen molar-refractivity contribution in [2.75, 3.05) is 5.32 Å². The van der Waals surface area contributed by atoms with Crippen LogP contribution in [0.1, 0.15) is 21.5 Å². The van der Waals surface area contributed by atoms with Crippen LogP contribution >= 0.6 is 11.6 Å². The summed E-state index contributed by atoms with van der Waals surface area (Å²) in [6.07, 6.45) is -4.69. The number of halogens is 4. The molecular formula is C24H16ClF3N2O4. The highest BCUT2D eigenvalue weighted by atomic mass is 35.5. The zero-order chi connectivity index (χ0) is 24.5. The summed E-state index contributed by atoms with van der Waals surface area (Å²) in [7, 11) is 0. The topological polar surface area (TPSA) is 95.6 Å². The molecule has 0 amide bonds. The molecule has 1 aromatic heterocycles. The van der Waals surface area contributed by atoms with E-state index in [0.717, 1.165) is 6.07 Å². The minimum absolute atomic E-state index is 0.0290. The number of aromatic nitrogens is 1. The maximum Gasteiger partial charge on any atom is 0.417 e. The minimum atomic E-state index is -4.69. The Morgan fingerprint density at radius 3 is 2.41 bits per heavy atom. The molecule has 0 radical (unpaired) electrons. The Labute approximate surface area is 196 Å². The standard InChI is InChI=1S/C24H16ClF3N2O4/c25-19-6-2-5-18(24(26,27)28)20(19)21-17(12-29-15-9-7-13(8-10-15)23(32)33)22(34-30-21)14-3-1-4-16(31)11-14/h1-11,29,31H,12H2,(H,32,33). The molecule has 0 aliphatic heterocycles. The Bertz CT molecular complexity index is 1350. The number of alkyl halides is 3. The minimum Gasteiger partial charge on any atom is -0.508 e. The number of rotatable bonds is 6. The summed E-state index contributed by atoms with van der Waals surface area (Å²) in [5.41, 5.74) is -0.126. The zero-order valence-corrected chi connectivity index (χ0v) is 18.0. The van der Waals surface area contributed by atoms with E-state index in [4.69, 9.17) is 21.2 Å². The largest absolute Gasteiger partial charge is 0.508 e. The molecule has 34 heavy (non-hydrogen) atoms. The van der Waals surface area contributed by atoms with Crippen molar-refractivity contribution in [3.63, 3.8) is 0 Å². The molecule has 4 aromatic rings. The summed E-state index contributed by atoms with van der Waals surface area (Å²) in [5.74, 6) is -1.00. The van der Waals surface area contributed by atoms with Crippen molar-refractivity contribution < 1.29 is 32.7 Å². The predicted molar refractivity (Wildman–Crippen MR) is 120 cm³/mol. The highest BCUT2D eigenvalue weighted by molar-refractivity contribution is 6.33. The first-order valence-electron chi connectivity index (χ1n) is 9.86. The second kappa shape index (κ2) is 9.11. The van der Waals surface area contributed by atoms with E-state index in [-0.39, 0.29) is 45.5 Å². The van der Waals surface area contributed by atoms with E-state index in [1.807, 2.05) is 0 Å². The van der Waals surface area contributed by atoms with Gasteiger partial charge in [0.05, 0.1) is 16.1 Å². The second-order valence-corrected chi connectivity index (χ2v) is 7.69. The van der Waals surface area contributed by atoms with Gasteiger partial charge in [0, 0.05) is 28.9 Å². The molecule has 0 spiro atoms. The van der Waals surface area contributed by atoms with Gasteiger partial charge in [0.1, 0.15) is 11.4 Å². The number of nitrogens with zero attached hydrogens (tertiary/aromatic N) is 1. The van der Waals surface area contributed by atoms with Crippen LogP contribution in [0.5, 0.6) is 5.75 Å². The summed E-state index contributed by atoms with van der Waals surface area (Å²) in [6.45, 7) is -0.0290. The molecule has 3 aromatic carbocycles. The van der Waals surface area contributed by atoms with Crippen molar-refractivity contribution in [2.24, 2.45) is 0 Å². The molecule has 0 saturated carbocycles. The normalized spacial score (nSPS) is 11.4. The summed E-state index contributed by atoms with van der Waals surface area (Å²) < 4.78 is 46.8. The molecule has 0 fully saturated rings. The number of phenolic OH excluding ortho intramolecular Hbond substituents is 1. The van der Waals surface area contributed by atoms with Crippen LogP contribution in [0.25, 0.3) is 22.6 Å². The van der Waals surface area contributed by atoms with Gasteiger partial charge in [-0.3, -0.25) is 0 Å². The Hall–Kier alpha value is -3.98. The van der Waals surface area contributed by atoms with Crippen molar-refractivity contribution in [1.82, 2.24) is 5.16 Å². The summed E-state index contributed by atoms with van der Waals surface area (Å²) >= 11 is 6.19. The molecule has 4 rings (SSSR count). The Morgan fingerprint density at radius 1 is 1.06 bits per heavy atom. The van der Waals surface area contributed by atoms with Crippen LogP contribution in [0, 0.1) is 0 Å². The van der Waals surface area contributed by atoms with E-state index in [0.29, 0.717) is 11.3 Å². The summed E-state index contributed by atoms with van der Waals surface area (Å²) in [6, 6.07) is 15.3. The molecule has 0 bridgehead atoms. The Kier molecular flexibility index (Phi) is 6.21. The highest BCUT2D eigenvalue weighted by Gasteiger charge is 2.36. The number of carboxylic acid groups (broad SMARTS) is 1. The van der Waals surface area contributed by atoms with Gasteiger partial charge in [-0.15, -0.1) is 0 Å². The monoisotopic (exact) mass is 488 g/mol. The second-order valence-electron chi connectivity index (χ2n) is 7.29. The number of aromatic hydroxyl groups is 1. The Balaban J connectivity index is 1.82. The third-order valence-corrected chi connectivity index (χ3v) is 5.37. The molecule has 10 heteroatoms. The van der Waals surface area contributed by atoms with Crippen LogP contribution in [0.4, 0.5) is 18.9 Å². The van der Waals surface area contributed by atoms with Crippen LogP contribution < -0.4 is 5.32 Å². The van der Waals surface area contributed by atoms with Crippen molar-refractivity contribution >= 4 is 23.3 Å². The van der Waals surface area contributed by atoms with Crippen molar-refractivity contribution in [2.45, 2.75) is 12.7 Å². The van der Waals surface area contributed by atoms with Gasteiger partial charge in [0.15, 0.2) is 5.76 Å². The fourth-order valence-electron chi connectivity index (χ4n) is 3.47. The molecule has 0 atom stereocenters. The van der Waals surface area contributed by atoms with Gasteiger partial charge in [-0.1, -0.05) is 35.0 Å². The average Bonchev–Trinajstić information content (AvgIpc) is 3.20. The number of nitrogens with one attached hydrogen (secondary N) is 1. The van der Waals surface area contributed by atoms with Gasteiger partial charge in [0.2, 0.25) is 0 Å². The first-order valence-corrected chi connectivity index (χ1v) is 10.2. The van der Waals surface area contributed by atoms with Gasteiger partial charge in [-0.25, -0.2) is 4.79 Å². The van der Waals surface area contributed by atoms with E-state index in [2.05, 4.69) is 10.5 Å². The van der Waals surface area contributed by atoms with Gasteiger partial charge in [-0.2, -0.15) is 13.2 Å². The van der Waals surface area contributed by atoms with Crippen molar-refractivity contribution in [1.29, 1.82) is 0 Å². The number of carbonyl (C=O) groups is 1. The Morgan fingerprint density at radius 2 is 1.76 bits per heavy atom. The summed E-state index contributed by atoms with van der Waals surface area (Å²) in [4.78, 5) is 11.1. The zero-order valence-electron chi connectivity index (χ0n) is 17.2. The van der Waals surface area contributed by atoms with E-state index >= 15 is 0 Å². The molecule has 0 saturated heterocycles. The SMILES string of the molecule is O=C(O)c1ccc(NCc2c(-c3c(Cl)cccc3C(F)(F)F)noc2-c2cccc(O)c2)cc1. The van der Waals surface area contributed by atoms with Crippen LogP contribution in [0.15, 0.2) is 71.3 Å². The van der Waals surface area contributed by atoms with E-state index < -0.39 is 17.7 Å². The fraction of sp³-hybridized carbons (Fsp3) is 0.0833. The van der Waals surface area contributed by atoms with Crippen LogP contribution in [0.2, 0.25) is 5.02 Å². The number of hydrogen-bond acceptors (Lipinski definition) is 5. The lowest BCUT2D eigenvalue weighted by Crippen LogP contribution is -2.09. The quantitative estimate of drug-likeness (QED) is 0.279. The third-order valence-electron chi connectivity index (χ3n) is 5.05. The molecule has 6 nitrogen and oxygen atoms in total. The van der Waals surface area contributed by atoms with Crippen LogP contribution in [-0.4, -0.2) is 21.3 Å². The van der Waals surface area contributed by atoms with Gasteiger partial charge < -0.3 is 20.1 Å². The molecule has 0 unspecified atom stereocenters. The van der Waals surface area contributed by atoms with Gasteiger partial charge >= 0.3 is 12.1 Å². The molecule has 174 valence electrons. The number of anilines is 1. The number of phenols is 1. The van der Waals surface area contributed by atoms with Crippen LogP contribution in [0.3, 0.4) is 0 Å². The maximum atomic E-state index is 13.8. The number of carboxylic acids is 1. The number of hydrogen-bond donors (Lipinski definition) is 3. The lowest BCUT2D eigenvalue weighted by atomic mass is 9.98. The first-order chi connectivity index (χ1) is 16.1. The third kappa shape index (κ3) is 4.69. The predicted octanol–water partition coefficient (Wildman–Crippen LogP) is 6.70. The van der Waals surface area contributed by atoms with E-state index in [9.17, 15) is 23.1 Å². The van der Waals surface area contributed by atoms with Crippen molar-refractivity contribution in [3.8, 4) is 28.3 Å². The van der Waals surface area contributed by atoms with E-state index in [1.165, 1.54) is 48.5 Å². The van der Waals surface area contributed by atoms with Crippen LogP contribution in [-0.2, 0) is 12.7 Å². The lowest BCUT2D eigenvalue weighted by Gasteiger charge is -2.14. The summed E-state index contributed by atoms with van der Waals surface area (Å²) in [5, 5.41) is 25.7. The average molecular weight is 489 g/mol. The van der Waals surface area contributed by atoms with Crippen molar-refractivity contribution in [3.05, 3.63) is 88.4 Å². The molecule has 0 aliphatic rings. The molecule has 0 aliphatic carbocycles. The maximum absolute atomic E-state index is 13.8. The fourth-order valence-corrected chi connectivity index (χ4v) is 3.73. The molecular weight excluding hydrogens is 473 g/mol. The highest BCUT2D eigenvalue weighted by Crippen LogP contribution is 2.43.